The Bertz CT molecular complexity index is 441. The van der Waals surface area contributed by atoms with Crippen LogP contribution in [0.2, 0.25) is 0 Å². The van der Waals surface area contributed by atoms with Crippen LogP contribution >= 0.6 is 0 Å². The number of nitrogens with one attached hydrogen (secondary N) is 1. The van der Waals surface area contributed by atoms with Gasteiger partial charge < -0.3 is 10.2 Å². The topological polar surface area (TPSA) is 104 Å². The Balaban J connectivity index is 2.40. The Morgan fingerprint density at radius 3 is 3.00 bits per heavy atom. The second-order valence-corrected chi connectivity index (χ2v) is 2.75. The number of aromatic carboxylic acids is 1. The first-order valence-electron chi connectivity index (χ1n) is 3.99. The molecule has 0 aliphatic carbocycles. The molecule has 0 saturated heterocycles. The van der Waals surface area contributed by atoms with Crippen LogP contribution in [0.25, 0.3) is 5.65 Å². The summed E-state index contributed by atoms with van der Waals surface area (Å²) in [5.74, 6) is -0.514. The number of hydrogen-bond donors (Lipinski definition) is 3. The SMILES string of the molecule is O=C(O)c1cc2nc(CCO)[nH]n2n1. The molecule has 2 aromatic rings. The quantitative estimate of drug-likeness (QED) is 0.601. The van der Waals surface area contributed by atoms with Crippen molar-refractivity contribution in [3.63, 3.8) is 0 Å². The van der Waals surface area contributed by atoms with E-state index in [0.717, 1.165) is 0 Å². The average Bonchev–Trinajstić information content (AvgIpc) is 2.61. The van der Waals surface area contributed by atoms with E-state index in [-0.39, 0.29) is 12.3 Å². The highest BCUT2D eigenvalue weighted by Gasteiger charge is 2.11. The first-order valence-corrected chi connectivity index (χ1v) is 3.99. The number of rotatable bonds is 3. The smallest absolute Gasteiger partial charge is 0.356 e. The van der Waals surface area contributed by atoms with E-state index in [9.17, 15) is 4.79 Å². The molecule has 0 fully saturated rings. The molecule has 7 nitrogen and oxygen atoms in total. The van der Waals surface area contributed by atoms with Crippen LogP contribution in [0.4, 0.5) is 0 Å². The maximum atomic E-state index is 10.5. The van der Waals surface area contributed by atoms with Gasteiger partial charge in [-0.1, -0.05) is 0 Å². The van der Waals surface area contributed by atoms with Gasteiger partial charge in [0.15, 0.2) is 11.3 Å². The normalized spacial score (nSPS) is 10.9. The number of carboxylic acid groups (broad SMARTS) is 1. The summed E-state index contributed by atoms with van der Waals surface area (Å²) in [4.78, 5) is 14.5. The van der Waals surface area contributed by atoms with Crippen molar-refractivity contribution in [3.8, 4) is 0 Å². The van der Waals surface area contributed by atoms with Gasteiger partial charge in [0.1, 0.15) is 5.82 Å². The van der Waals surface area contributed by atoms with Gasteiger partial charge in [0, 0.05) is 12.5 Å². The summed E-state index contributed by atoms with van der Waals surface area (Å²) in [5.41, 5.74) is 0.380. The van der Waals surface area contributed by atoms with E-state index in [4.69, 9.17) is 10.2 Å². The number of aliphatic hydroxyl groups is 1. The van der Waals surface area contributed by atoms with Gasteiger partial charge in [-0.3, -0.25) is 5.10 Å². The fourth-order valence-electron chi connectivity index (χ4n) is 1.14. The Labute approximate surface area is 78.0 Å². The molecular formula is C7H8N4O3. The van der Waals surface area contributed by atoms with Gasteiger partial charge in [-0.25, -0.2) is 9.78 Å². The van der Waals surface area contributed by atoms with Crippen molar-refractivity contribution in [3.05, 3.63) is 17.6 Å². The number of nitrogens with zero attached hydrogens (tertiary/aromatic N) is 3. The minimum Gasteiger partial charge on any atom is -0.476 e. The zero-order chi connectivity index (χ0) is 10.1. The highest BCUT2D eigenvalue weighted by atomic mass is 16.4. The minimum absolute atomic E-state index is 0.0115. The standard InChI is InChI=1S/C7H8N4O3/c12-2-1-5-8-6-3-4(7(13)14)9-11(6)10-5/h3,12H,1-2H2,(H,8,10)(H,13,14). The molecule has 0 aliphatic heterocycles. The molecule has 0 radical (unpaired) electrons. The van der Waals surface area contributed by atoms with Crippen molar-refractivity contribution in [1.29, 1.82) is 0 Å². The van der Waals surface area contributed by atoms with Crippen molar-refractivity contribution >= 4 is 11.6 Å². The van der Waals surface area contributed by atoms with Crippen molar-refractivity contribution < 1.29 is 15.0 Å². The second-order valence-electron chi connectivity index (χ2n) is 2.75. The van der Waals surface area contributed by atoms with Crippen LogP contribution in [-0.2, 0) is 6.42 Å². The molecule has 7 heteroatoms. The molecule has 0 bridgehead atoms. The van der Waals surface area contributed by atoms with E-state index < -0.39 is 5.97 Å². The molecule has 0 amide bonds. The molecule has 0 saturated carbocycles. The van der Waals surface area contributed by atoms with Crippen LogP contribution in [0.15, 0.2) is 6.07 Å². The largest absolute Gasteiger partial charge is 0.476 e. The summed E-state index contributed by atoms with van der Waals surface area (Å²) in [6, 6.07) is 1.36. The van der Waals surface area contributed by atoms with Gasteiger partial charge in [-0.05, 0) is 0 Å². The van der Waals surface area contributed by atoms with Gasteiger partial charge >= 0.3 is 5.97 Å². The fourth-order valence-corrected chi connectivity index (χ4v) is 1.14. The maximum absolute atomic E-state index is 10.5. The highest BCUT2D eigenvalue weighted by molar-refractivity contribution is 5.86. The van der Waals surface area contributed by atoms with Crippen LogP contribution in [0.5, 0.6) is 0 Å². The first kappa shape index (κ1) is 8.70. The van der Waals surface area contributed by atoms with E-state index in [1.807, 2.05) is 0 Å². The zero-order valence-electron chi connectivity index (χ0n) is 7.14. The molecule has 2 heterocycles. The number of aliphatic hydroxyl groups excluding tert-OH is 1. The molecule has 3 N–H and O–H groups in total. The van der Waals surface area contributed by atoms with Crippen molar-refractivity contribution in [2.45, 2.75) is 6.42 Å². The lowest BCUT2D eigenvalue weighted by atomic mass is 10.4. The van der Waals surface area contributed by atoms with Gasteiger partial charge in [-0.2, -0.15) is 4.63 Å². The monoisotopic (exact) mass is 196 g/mol. The van der Waals surface area contributed by atoms with Crippen molar-refractivity contribution in [1.82, 2.24) is 19.8 Å². The molecule has 74 valence electrons. The third-order valence-corrected chi connectivity index (χ3v) is 1.74. The van der Waals surface area contributed by atoms with Gasteiger partial charge in [0.25, 0.3) is 0 Å². The predicted octanol–water partition coefficient (Wildman–Crippen LogP) is -0.710. The summed E-state index contributed by atoms with van der Waals surface area (Å²) >= 11 is 0. The number of hydrogen-bond acceptors (Lipinski definition) is 4. The fraction of sp³-hybridized carbons (Fsp3) is 0.286. The number of carbonyl (C=O) groups is 1. The summed E-state index contributed by atoms with van der Waals surface area (Å²) in [6.45, 7) is -0.0115. The lowest BCUT2D eigenvalue weighted by Gasteiger charge is -1.87. The number of H-pyrrole nitrogens is 1. The number of aromatic nitrogens is 4. The zero-order valence-corrected chi connectivity index (χ0v) is 7.14. The van der Waals surface area contributed by atoms with E-state index in [0.29, 0.717) is 17.9 Å². The molecule has 2 aromatic heterocycles. The van der Waals surface area contributed by atoms with Gasteiger partial charge in [0.2, 0.25) is 0 Å². The first-order chi connectivity index (χ1) is 6.70. The summed E-state index contributed by atoms with van der Waals surface area (Å²) in [5, 5.41) is 23.7. The Morgan fingerprint density at radius 1 is 1.64 bits per heavy atom. The summed E-state index contributed by atoms with van der Waals surface area (Å²) in [6.07, 6.45) is 0.395. The van der Waals surface area contributed by atoms with Crippen LogP contribution in [0, 0.1) is 0 Å². The van der Waals surface area contributed by atoms with Gasteiger partial charge in [0.05, 0.1) is 6.61 Å². The molecule has 2 rings (SSSR count). The number of aromatic amines is 1. The van der Waals surface area contributed by atoms with Crippen molar-refractivity contribution in [2.75, 3.05) is 6.61 Å². The van der Waals surface area contributed by atoms with Crippen LogP contribution in [-0.4, -0.2) is 42.6 Å². The predicted molar refractivity (Wildman–Crippen MR) is 45.1 cm³/mol. The molecule has 0 aliphatic rings. The van der Waals surface area contributed by atoms with E-state index in [2.05, 4.69) is 15.2 Å². The van der Waals surface area contributed by atoms with Crippen molar-refractivity contribution in [2.24, 2.45) is 0 Å². The van der Waals surface area contributed by atoms with Crippen LogP contribution < -0.4 is 0 Å². The molecule has 0 spiro atoms. The Morgan fingerprint density at radius 2 is 2.43 bits per heavy atom. The molecule has 14 heavy (non-hydrogen) atoms. The number of fused-ring (bicyclic) bond motifs is 1. The minimum atomic E-state index is -1.09. The van der Waals surface area contributed by atoms with Gasteiger partial charge in [-0.15, -0.1) is 5.10 Å². The Hall–Kier alpha value is -1.89. The van der Waals surface area contributed by atoms with E-state index in [1.165, 1.54) is 10.7 Å². The lowest BCUT2D eigenvalue weighted by Crippen LogP contribution is -2.00. The van der Waals surface area contributed by atoms with Crippen LogP contribution in [0.3, 0.4) is 0 Å². The highest BCUT2D eigenvalue weighted by Crippen LogP contribution is 2.04. The molecule has 0 aromatic carbocycles. The second kappa shape index (κ2) is 3.11. The molecule has 0 atom stereocenters. The third kappa shape index (κ3) is 1.33. The molecule has 0 unspecified atom stereocenters. The Kier molecular flexibility index (Phi) is 1.93. The summed E-state index contributed by atoms with van der Waals surface area (Å²) in [7, 11) is 0. The average molecular weight is 196 g/mol. The molecular weight excluding hydrogens is 188 g/mol. The van der Waals surface area contributed by atoms with Crippen LogP contribution in [0.1, 0.15) is 16.3 Å². The summed E-state index contributed by atoms with van der Waals surface area (Å²) < 4.78 is 1.27. The lowest BCUT2D eigenvalue weighted by molar-refractivity contribution is 0.0689. The number of carboxylic acids is 1. The third-order valence-electron chi connectivity index (χ3n) is 1.74. The maximum Gasteiger partial charge on any atom is 0.356 e. The van der Waals surface area contributed by atoms with E-state index >= 15 is 0 Å². The van der Waals surface area contributed by atoms with E-state index in [1.54, 1.807) is 0 Å².